The second-order valence-electron chi connectivity index (χ2n) is 8.02. The molecule has 0 spiro atoms. The van der Waals surface area contributed by atoms with Crippen LogP contribution in [0, 0.1) is 5.92 Å². The molecular formula is C20H28N4O7P2. The van der Waals surface area contributed by atoms with Crippen molar-refractivity contribution in [1.82, 2.24) is 20.6 Å². The Hall–Kier alpha value is -2.42. The third kappa shape index (κ3) is 9.15. The summed E-state index contributed by atoms with van der Waals surface area (Å²) in [6.45, 7) is 3.49. The molecule has 2 aromatic rings. The molecule has 0 bridgehead atoms. The van der Waals surface area contributed by atoms with Crippen molar-refractivity contribution in [3.8, 4) is 0 Å². The first-order valence-corrected chi connectivity index (χ1v) is 13.9. The normalized spacial score (nSPS) is 15.3. The standard InChI is InChI=1S/C20H28N4O7P2/c1-14(2)10-18(32(27,28)13-33(29,30)31)24-19(25)16(11-15-6-4-3-5-7-15)23-20(26)17-12-21-8-9-22-17/h3-9,12,14,16,18H,10-11,13H2,1-2H3,(H,23,26)(H,24,25)(H,27,28)(H2,29,30,31)/t16-,18+/m0/s1. The molecule has 1 unspecified atom stereocenters. The number of nitrogens with zero attached hydrogens (tertiary/aromatic N) is 2. The van der Waals surface area contributed by atoms with Crippen molar-refractivity contribution < 1.29 is 33.4 Å². The van der Waals surface area contributed by atoms with Gasteiger partial charge in [0.1, 0.15) is 23.4 Å². The number of benzene rings is 1. The van der Waals surface area contributed by atoms with Crippen molar-refractivity contribution in [2.45, 2.75) is 38.5 Å². The second kappa shape index (κ2) is 11.6. The lowest BCUT2D eigenvalue weighted by atomic mass is 10.0. The molecule has 13 heteroatoms. The Morgan fingerprint density at radius 2 is 1.70 bits per heavy atom. The number of amides is 2. The van der Waals surface area contributed by atoms with E-state index < -0.39 is 44.5 Å². The molecule has 0 fully saturated rings. The van der Waals surface area contributed by atoms with Gasteiger partial charge < -0.3 is 25.3 Å². The third-order valence-corrected chi connectivity index (χ3v) is 8.99. The maximum absolute atomic E-state index is 13.1. The molecule has 1 heterocycles. The Morgan fingerprint density at radius 1 is 1.03 bits per heavy atom. The van der Waals surface area contributed by atoms with E-state index in [0.717, 1.165) is 5.56 Å². The molecule has 1 aromatic carbocycles. The molecule has 1 aromatic heterocycles. The van der Waals surface area contributed by atoms with Gasteiger partial charge in [0.15, 0.2) is 0 Å². The maximum Gasteiger partial charge on any atom is 0.335 e. The predicted molar refractivity (Wildman–Crippen MR) is 122 cm³/mol. The average molecular weight is 498 g/mol. The van der Waals surface area contributed by atoms with E-state index in [9.17, 15) is 33.4 Å². The summed E-state index contributed by atoms with van der Waals surface area (Å²) in [6.07, 6.45) is 4.03. The highest BCUT2D eigenvalue weighted by Gasteiger charge is 2.39. The Bertz CT molecular complexity index is 1030. The van der Waals surface area contributed by atoms with Gasteiger partial charge in [-0.1, -0.05) is 44.2 Å². The van der Waals surface area contributed by atoms with Crippen LogP contribution in [0.25, 0.3) is 0 Å². The topological polar surface area (TPSA) is 179 Å². The van der Waals surface area contributed by atoms with Crippen LogP contribution >= 0.6 is 15.0 Å². The fourth-order valence-electron chi connectivity index (χ4n) is 3.11. The van der Waals surface area contributed by atoms with Crippen molar-refractivity contribution >= 4 is 26.8 Å². The fourth-order valence-corrected chi connectivity index (χ4v) is 7.09. The van der Waals surface area contributed by atoms with Crippen molar-refractivity contribution in [2.24, 2.45) is 5.92 Å². The van der Waals surface area contributed by atoms with Gasteiger partial charge in [0.2, 0.25) is 13.3 Å². The van der Waals surface area contributed by atoms with Gasteiger partial charge in [0.25, 0.3) is 5.91 Å². The van der Waals surface area contributed by atoms with Gasteiger partial charge in [0.05, 0.1) is 6.20 Å². The summed E-state index contributed by atoms with van der Waals surface area (Å²) in [5, 5.41) is 5.00. The highest BCUT2D eigenvalue weighted by Crippen LogP contribution is 2.58. The number of carbonyl (C=O) groups excluding carboxylic acids is 2. The Kier molecular flexibility index (Phi) is 9.46. The van der Waals surface area contributed by atoms with Crippen LogP contribution in [0.4, 0.5) is 0 Å². The van der Waals surface area contributed by atoms with Gasteiger partial charge in [-0.15, -0.1) is 0 Å². The molecule has 180 valence electrons. The van der Waals surface area contributed by atoms with Crippen LogP contribution in [-0.4, -0.2) is 54.2 Å². The molecule has 5 N–H and O–H groups in total. The van der Waals surface area contributed by atoms with Crippen LogP contribution in [0.3, 0.4) is 0 Å². The average Bonchev–Trinajstić information content (AvgIpc) is 2.72. The lowest BCUT2D eigenvalue weighted by Gasteiger charge is -2.28. The zero-order valence-electron chi connectivity index (χ0n) is 18.2. The van der Waals surface area contributed by atoms with Crippen molar-refractivity contribution in [2.75, 3.05) is 5.90 Å². The summed E-state index contributed by atoms with van der Waals surface area (Å²) in [6, 6.07) is 7.68. The SMILES string of the molecule is CC(C)C[C@H](NC(=O)[C@H](Cc1ccccc1)NC(=O)c1cnccn1)P(=O)(O)CP(=O)(O)O. The van der Waals surface area contributed by atoms with Gasteiger partial charge >= 0.3 is 7.60 Å². The molecule has 2 amide bonds. The smallest absolute Gasteiger partial charge is 0.335 e. The number of aromatic nitrogens is 2. The molecule has 0 saturated carbocycles. The lowest BCUT2D eigenvalue weighted by Crippen LogP contribution is -2.51. The summed E-state index contributed by atoms with van der Waals surface area (Å²) in [4.78, 5) is 62.3. The molecule has 33 heavy (non-hydrogen) atoms. The maximum atomic E-state index is 13.1. The Labute approximate surface area is 191 Å². The number of hydrogen-bond donors (Lipinski definition) is 5. The first kappa shape index (κ1) is 26.8. The van der Waals surface area contributed by atoms with E-state index in [-0.39, 0.29) is 24.5 Å². The van der Waals surface area contributed by atoms with E-state index in [2.05, 4.69) is 20.6 Å². The molecule has 11 nitrogen and oxygen atoms in total. The number of rotatable bonds is 11. The molecule has 0 aliphatic carbocycles. The van der Waals surface area contributed by atoms with Crippen LogP contribution in [0.2, 0.25) is 0 Å². The molecular weight excluding hydrogens is 470 g/mol. The summed E-state index contributed by atoms with van der Waals surface area (Å²) in [5.41, 5.74) is 0.705. The monoisotopic (exact) mass is 498 g/mol. The molecule has 0 radical (unpaired) electrons. The molecule has 0 saturated heterocycles. The Morgan fingerprint density at radius 3 is 2.24 bits per heavy atom. The molecule has 0 aliphatic rings. The Balaban J connectivity index is 2.29. The van der Waals surface area contributed by atoms with Crippen molar-refractivity contribution in [1.29, 1.82) is 0 Å². The minimum atomic E-state index is -4.82. The first-order chi connectivity index (χ1) is 15.4. The van der Waals surface area contributed by atoms with E-state index in [4.69, 9.17) is 0 Å². The van der Waals surface area contributed by atoms with E-state index in [1.54, 1.807) is 44.2 Å². The van der Waals surface area contributed by atoms with Crippen LogP contribution in [0.1, 0.15) is 36.3 Å². The molecule has 2 rings (SSSR count). The largest absolute Gasteiger partial charge is 0.342 e. The van der Waals surface area contributed by atoms with Gasteiger partial charge in [-0.05, 0) is 17.9 Å². The predicted octanol–water partition coefficient (Wildman–Crippen LogP) is 1.71. The van der Waals surface area contributed by atoms with Crippen LogP contribution in [-0.2, 0) is 20.3 Å². The van der Waals surface area contributed by atoms with Gasteiger partial charge in [-0.25, -0.2) is 4.98 Å². The summed E-state index contributed by atoms with van der Waals surface area (Å²) in [7, 11) is -9.29. The quantitative estimate of drug-likeness (QED) is 0.288. The van der Waals surface area contributed by atoms with Crippen LogP contribution < -0.4 is 10.6 Å². The van der Waals surface area contributed by atoms with Gasteiger partial charge in [-0.3, -0.25) is 23.7 Å². The first-order valence-electron chi connectivity index (χ1n) is 10.1. The van der Waals surface area contributed by atoms with E-state index in [1.165, 1.54) is 18.6 Å². The van der Waals surface area contributed by atoms with Crippen molar-refractivity contribution in [3.05, 3.63) is 60.2 Å². The summed E-state index contributed by atoms with van der Waals surface area (Å²) < 4.78 is 24.1. The highest BCUT2D eigenvalue weighted by atomic mass is 31.2. The minimum Gasteiger partial charge on any atom is -0.342 e. The fraction of sp³-hybridized carbons (Fsp3) is 0.400. The molecule has 3 atom stereocenters. The van der Waals surface area contributed by atoms with Gasteiger partial charge in [-0.2, -0.15) is 0 Å². The van der Waals surface area contributed by atoms with E-state index in [1.807, 2.05) is 0 Å². The van der Waals surface area contributed by atoms with Crippen molar-refractivity contribution in [3.63, 3.8) is 0 Å². The highest BCUT2D eigenvalue weighted by molar-refractivity contribution is 7.73. The van der Waals surface area contributed by atoms with E-state index in [0.29, 0.717) is 0 Å². The summed E-state index contributed by atoms with van der Waals surface area (Å²) >= 11 is 0. The van der Waals surface area contributed by atoms with Crippen LogP contribution in [0.5, 0.6) is 0 Å². The number of carbonyl (C=O) groups is 2. The zero-order chi connectivity index (χ0) is 24.6. The number of nitrogens with one attached hydrogen (secondary N) is 2. The third-order valence-electron chi connectivity index (χ3n) is 4.58. The van der Waals surface area contributed by atoms with Gasteiger partial charge in [0, 0.05) is 18.8 Å². The molecule has 0 aliphatic heterocycles. The van der Waals surface area contributed by atoms with Crippen LogP contribution in [0.15, 0.2) is 48.9 Å². The lowest BCUT2D eigenvalue weighted by molar-refractivity contribution is -0.123. The summed E-state index contributed by atoms with van der Waals surface area (Å²) in [5.74, 6) is -4.24. The zero-order valence-corrected chi connectivity index (χ0v) is 20.0. The number of hydrogen-bond acceptors (Lipinski definition) is 6. The van der Waals surface area contributed by atoms with E-state index >= 15 is 0 Å². The second-order valence-corrected chi connectivity index (χ2v) is 12.6. The minimum absolute atomic E-state index is 0.00961.